The number of aromatic amines is 1. The maximum atomic E-state index is 5.38. The predicted molar refractivity (Wildman–Crippen MR) is 56.3 cm³/mol. The highest BCUT2D eigenvalue weighted by Crippen LogP contribution is 2.27. The third-order valence-corrected chi connectivity index (χ3v) is 2.88. The molecule has 0 unspecified atom stereocenters. The minimum absolute atomic E-state index is 0.850. The molecule has 3 rings (SSSR count). The molecule has 0 atom stereocenters. The van der Waals surface area contributed by atoms with E-state index in [2.05, 4.69) is 22.1 Å². The van der Waals surface area contributed by atoms with Gasteiger partial charge in [0, 0.05) is 30.8 Å². The van der Waals surface area contributed by atoms with E-state index in [4.69, 9.17) is 4.42 Å². The molecule has 1 N–H and O–H groups in total. The number of likely N-dealkylation sites (N-methyl/N-ethyl adjacent to an activating group) is 1. The van der Waals surface area contributed by atoms with Crippen molar-refractivity contribution in [2.45, 2.75) is 13.0 Å². The summed E-state index contributed by atoms with van der Waals surface area (Å²) in [4.78, 5) is 2.30. The molecule has 0 saturated carbocycles. The average molecular weight is 203 g/mol. The molecule has 15 heavy (non-hydrogen) atoms. The minimum atomic E-state index is 0.850. The third kappa shape index (κ3) is 1.37. The van der Waals surface area contributed by atoms with Crippen LogP contribution < -0.4 is 0 Å². The van der Waals surface area contributed by atoms with Crippen LogP contribution in [0.2, 0.25) is 0 Å². The Bertz CT molecular complexity index is 458. The predicted octanol–water partition coefficient (Wildman–Crippen LogP) is 1.66. The van der Waals surface area contributed by atoms with E-state index in [1.165, 1.54) is 11.3 Å². The number of hydrogen-bond acceptors (Lipinski definition) is 3. The van der Waals surface area contributed by atoms with Crippen molar-refractivity contribution in [2.24, 2.45) is 0 Å². The van der Waals surface area contributed by atoms with Crippen molar-refractivity contribution in [2.75, 3.05) is 13.6 Å². The molecule has 0 bridgehead atoms. The van der Waals surface area contributed by atoms with Crippen LogP contribution in [0.1, 0.15) is 11.3 Å². The number of nitrogens with zero attached hydrogens (tertiary/aromatic N) is 2. The number of hydrogen-bond donors (Lipinski definition) is 1. The fraction of sp³-hybridized carbons (Fsp3) is 0.364. The molecule has 0 saturated heterocycles. The Kier molecular flexibility index (Phi) is 1.89. The van der Waals surface area contributed by atoms with Crippen LogP contribution in [0.3, 0.4) is 0 Å². The zero-order valence-corrected chi connectivity index (χ0v) is 8.66. The first kappa shape index (κ1) is 8.73. The number of rotatable bonds is 1. The molecule has 3 heterocycles. The van der Waals surface area contributed by atoms with Crippen molar-refractivity contribution in [1.82, 2.24) is 15.1 Å². The summed E-state index contributed by atoms with van der Waals surface area (Å²) in [5, 5.41) is 7.43. The summed E-state index contributed by atoms with van der Waals surface area (Å²) in [6.07, 6.45) is 2.72. The Morgan fingerprint density at radius 1 is 1.53 bits per heavy atom. The summed E-state index contributed by atoms with van der Waals surface area (Å²) in [5.74, 6) is 0.850. The summed E-state index contributed by atoms with van der Waals surface area (Å²) in [6.45, 7) is 2.04. The van der Waals surface area contributed by atoms with Crippen LogP contribution in [0, 0.1) is 0 Å². The van der Waals surface area contributed by atoms with E-state index in [1.54, 1.807) is 6.26 Å². The first-order valence-electron chi connectivity index (χ1n) is 5.13. The highest BCUT2D eigenvalue weighted by Gasteiger charge is 2.21. The standard InChI is InChI=1S/C11H13N3O/c1-14-5-4-9-8(7-14)11(13-12-9)10-3-2-6-15-10/h2-3,6H,4-5,7H2,1H3,(H,12,13). The molecule has 0 aromatic carbocycles. The maximum absolute atomic E-state index is 5.38. The topological polar surface area (TPSA) is 45.1 Å². The molecule has 78 valence electrons. The van der Waals surface area contributed by atoms with Crippen molar-refractivity contribution in [3.8, 4) is 11.5 Å². The number of nitrogens with one attached hydrogen (secondary N) is 1. The van der Waals surface area contributed by atoms with Crippen molar-refractivity contribution in [3.63, 3.8) is 0 Å². The van der Waals surface area contributed by atoms with Crippen LogP contribution in [0.15, 0.2) is 22.8 Å². The van der Waals surface area contributed by atoms with Crippen LogP contribution in [0.5, 0.6) is 0 Å². The largest absolute Gasteiger partial charge is 0.463 e. The van der Waals surface area contributed by atoms with E-state index >= 15 is 0 Å². The minimum Gasteiger partial charge on any atom is -0.463 e. The molecular formula is C11H13N3O. The fourth-order valence-corrected chi connectivity index (χ4v) is 2.05. The number of aromatic nitrogens is 2. The van der Waals surface area contributed by atoms with Gasteiger partial charge >= 0.3 is 0 Å². The highest BCUT2D eigenvalue weighted by atomic mass is 16.3. The molecule has 0 spiro atoms. The fourth-order valence-electron chi connectivity index (χ4n) is 2.05. The van der Waals surface area contributed by atoms with Gasteiger partial charge in [-0.2, -0.15) is 5.10 Å². The van der Waals surface area contributed by atoms with Crippen LogP contribution in [0.25, 0.3) is 11.5 Å². The molecule has 0 aliphatic carbocycles. The second kappa shape index (κ2) is 3.24. The van der Waals surface area contributed by atoms with Crippen LogP contribution >= 0.6 is 0 Å². The summed E-state index contributed by atoms with van der Waals surface area (Å²) in [6, 6.07) is 3.84. The number of H-pyrrole nitrogens is 1. The maximum Gasteiger partial charge on any atom is 0.154 e. The van der Waals surface area contributed by atoms with E-state index in [-0.39, 0.29) is 0 Å². The normalized spacial score (nSPS) is 16.6. The van der Waals surface area contributed by atoms with Crippen molar-refractivity contribution >= 4 is 0 Å². The van der Waals surface area contributed by atoms with E-state index in [0.717, 1.165) is 31.0 Å². The zero-order valence-electron chi connectivity index (χ0n) is 8.66. The van der Waals surface area contributed by atoms with Crippen LogP contribution in [-0.2, 0) is 13.0 Å². The monoisotopic (exact) mass is 203 g/mol. The second-order valence-corrected chi connectivity index (χ2v) is 3.99. The Morgan fingerprint density at radius 3 is 3.27 bits per heavy atom. The molecule has 4 heteroatoms. The average Bonchev–Trinajstić information content (AvgIpc) is 2.83. The highest BCUT2D eigenvalue weighted by molar-refractivity contribution is 5.58. The van der Waals surface area contributed by atoms with Crippen molar-refractivity contribution in [1.29, 1.82) is 0 Å². The molecule has 2 aromatic rings. The lowest BCUT2D eigenvalue weighted by molar-refractivity contribution is 0.312. The first-order chi connectivity index (χ1) is 7.34. The van der Waals surface area contributed by atoms with Gasteiger partial charge in [0.05, 0.1) is 6.26 Å². The van der Waals surface area contributed by atoms with Crippen molar-refractivity contribution in [3.05, 3.63) is 29.7 Å². The lowest BCUT2D eigenvalue weighted by atomic mass is 10.1. The Hall–Kier alpha value is -1.55. The van der Waals surface area contributed by atoms with Gasteiger partial charge in [-0.05, 0) is 19.2 Å². The Labute approximate surface area is 87.9 Å². The van der Waals surface area contributed by atoms with Gasteiger partial charge in [0.2, 0.25) is 0 Å². The number of furan rings is 1. The lowest BCUT2D eigenvalue weighted by Gasteiger charge is -2.21. The van der Waals surface area contributed by atoms with Crippen LogP contribution in [0.4, 0.5) is 0 Å². The molecule has 1 aliphatic rings. The van der Waals surface area contributed by atoms with Gasteiger partial charge in [-0.25, -0.2) is 0 Å². The molecule has 0 fully saturated rings. The van der Waals surface area contributed by atoms with E-state index in [9.17, 15) is 0 Å². The molecule has 1 aliphatic heterocycles. The third-order valence-electron chi connectivity index (χ3n) is 2.88. The molecule has 2 aromatic heterocycles. The Balaban J connectivity index is 2.07. The molecule has 0 radical (unpaired) electrons. The number of fused-ring (bicyclic) bond motifs is 1. The summed E-state index contributed by atoms with van der Waals surface area (Å²) in [7, 11) is 2.13. The lowest BCUT2D eigenvalue weighted by Crippen LogP contribution is -2.26. The summed E-state index contributed by atoms with van der Waals surface area (Å²) in [5.41, 5.74) is 3.49. The van der Waals surface area contributed by atoms with Gasteiger partial charge in [-0.1, -0.05) is 0 Å². The summed E-state index contributed by atoms with van der Waals surface area (Å²) >= 11 is 0. The Morgan fingerprint density at radius 2 is 2.47 bits per heavy atom. The quantitative estimate of drug-likeness (QED) is 0.766. The van der Waals surface area contributed by atoms with Gasteiger partial charge in [-0.3, -0.25) is 5.10 Å². The molecule has 0 amide bonds. The van der Waals surface area contributed by atoms with Gasteiger partial charge < -0.3 is 9.32 Å². The van der Waals surface area contributed by atoms with E-state index in [1.807, 2.05) is 12.1 Å². The second-order valence-electron chi connectivity index (χ2n) is 3.99. The molecule has 4 nitrogen and oxygen atoms in total. The van der Waals surface area contributed by atoms with Gasteiger partial charge in [0.15, 0.2) is 5.76 Å². The van der Waals surface area contributed by atoms with Crippen LogP contribution in [-0.4, -0.2) is 28.7 Å². The summed E-state index contributed by atoms with van der Waals surface area (Å²) < 4.78 is 5.38. The van der Waals surface area contributed by atoms with Gasteiger partial charge in [-0.15, -0.1) is 0 Å². The zero-order chi connectivity index (χ0) is 10.3. The van der Waals surface area contributed by atoms with E-state index < -0.39 is 0 Å². The van der Waals surface area contributed by atoms with E-state index in [0.29, 0.717) is 0 Å². The van der Waals surface area contributed by atoms with Crippen molar-refractivity contribution < 1.29 is 4.42 Å². The smallest absolute Gasteiger partial charge is 0.154 e. The first-order valence-corrected chi connectivity index (χ1v) is 5.13. The van der Waals surface area contributed by atoms with Gasteiger partial charge in [0.1, 0.15) is 5.69 Å². The molecular weight excluding hydrogens is 190 g/mol. The SMILES string of the molecule is CN1CCc2[nH]nc(-c3ccco3)c2C1. The van der Waals surface area contributed by atoms with Gasteiger partial charge in [0.25, 0.3) is 0 Å².